The highest BCUT2D eigenvalue weighted by Gasteiger charge is 2.19. The van der Waals surface area contributed by atoms with Gasteiger partial charge in [-0.3, -0.25) is 0 Å². The molecule has 0 aromatic heterocycles. The van der Waals surface area contributed by atoms with E-state index in [9.17, 15) is 0 Å². The molecule has 0 bridgehead atoms. The molecule has 0 aliphatic carbocycles. The minimum Gasteiger partial charge on any atom is -0.495 e. The predicted octanol–water partition coefficient (Wildman–Crippen LogP) is 8.14. The number of hydrogen-bond donors (Lipinski definition) is 0. The van der Waals surface area contributed by atoms with Crippen LogP contribution in [0.15, 0.2) is 69.6 Å². The van der Waals surface area contributed by atoms with Gasteiger partial charge in [0.05, 0.1) is 11.6 Å². The summed E-state index contributed by atoms with van der Waals surface area (Å²) < 4.78 is 7.89. The third kappa shape index (κ3) is 2.93. The average Bonchev–Trinajstić information content (AvgIpc) is 2.62. The predicted molar refractivity (Wildman–Crippen MR) is 120 cm³/mol. The Hall–Kier alpha value is -1.84. The van der Waals surface area contributed by atoms with Crippen LogP contribution < -0.4 is 4.74 Å². The fourth-order valence-corrected chi connectivity index (χ4v) is 4.53. The van der Waals surface area contributed by atoms with Crippen LogP contribution in [0.4, 0.5) is 0 Å². The Bertz CT molecular complexity index is 1120. The van der Waals surface area contributed by atoms with Gasteiger partial charge >= 0.3 is 0 Å². The molecule has 26 heavy (non-hydrogen) atoms. The molecule has 0 amide bonds. The second kappa shape index (κ2) is 7.42. The van der Waals surface area contributed by atoms with Gasteiger partial charge < -0.3 is 4.74 Å². The number of hydrogen-bond acceptors (Lipinski definition) is 1. The number of benzene rings is 4. The first-order chi connectivity index (χ1) is 12.1. The Morgan fingerprint density at radius 1 is 0.731 bits per heavy atom. The van der Waals surface area contributed by atoms with E-state index >= 15 is 0 Å². The molecular formula is C23H20Br2O. The Morgan fingerprint density at radius 3 is 1.81 bits per heavy atom. The zero-order valence-electron chi connectivity index (χ0n) is 13.9. The normalized spacial score (nSPS) is 10.8. The van der Waals surface area contributed by atoms with Crippen LogP contribution in [0.3, 0.4) is 0 Å². The first kappa shape index (κ1) is 18.9. The van der Waals surface area contributed by atoms with Crippen molar-refractivity contribution in [1.82, 2.24) is 0 Å². The molecule has 1 nitrogen and oxygen atoms in total. The van der Waals surface area contributed by atoms with Gasteiger partial charge in [0.1, 0.15) is 5.75 Å². The quantitative estimate of drug-likeness (QED) is 0.286. The molecule has 0 spiro atoms. The maximum atomic E-state index is 5.82. The van der Waals surface area contributed by atoms with Crippen LogP contribution in [0.25, 0.3) is 32.7 Å². The van der Waals surface area contributed by atoms with Gasteiger partial charge in [0, 0.05) is 10.0 Å². The summed E-state index contributed by atoms with van der Waals surface area (Å²) in [7, 11) is 1.73. The van der Waals surface area contributed by atoms with Gasteiger partial charge in [0.2, 0.25) is 0 Å². The molecule has 0 aliphatic heterocycles. The van der Waals surface area contributed by atoms with Crippen molar-refractivity contribution in [2.24, 2.45) is 0 Å². The van der Waals surface area contributed by atoms with Crippen molar-refractivity contribution < 1.29 is 4.74 Å². The van der Waals surface area contributed by atoms with E-state index in [1.54, 1.807) is 7.11 Å². The largest absolute Gasteiger partial charge is 0.495 e. The Morgan fingerprint density at radius 2 is 1.23 bits per heavy atom. The summed E-state index contributed by atoms with van der Waals surface area (Å²) >= 11 is 7.44. The number of fused-ring (bicyclic) bond motifs is 2. The third-order valence-electron chi connectivity index (χ3n) is 4.66. The van der Waals surface area contributed by atoms with E-state index in [-0.39, 0.29) is 7.43 Å². The molecular weight excluding hydrogens is 452 g/mol. The minimum absolute atomic E-state index is 0. The molecule has 0 N–H and O–H groups in total. The molecule has 0 atom stereocenters. The molecule has 0 radical (unpaired) electrons. The second-order valence-corrected chi connectivity index (χ2v) is 7.78. The fourth-order valence-electron chi connectivity index (χ4n) is 3.48. The maximum Gasteiger partial charge on any atom is 0.141 e. The van der Waals surface area contributed by atoms with Gasteiger partial charge in [0.25, 0.3) is 0 Å². The van der Waals surface area contributed by atoms with Crippen molar-refractivity contribution in [2.45, 2.75) is 14.4 Å². The van der Waals surface area contributed by atoms with Crippen LogP contribution in [0.2, 0.25) is 0 Å². The molecule has 0 unspecified atom stereocenters. The fraction of sp³-hybridized carbons (Fsp3) is 0.130. The molecule has 4 aromatic rings. The molecule has 0 heterocycles. The summed E-state index contributed by atoms with van der Waals surface area (Å²) in [6, 6.07) is 21.2. The Kier molecular flexibility index (Phi) is 5.40. The van der Waals surface area contributed by atoms with E-state index in [2.05, 4.69) is 99.4 Å². The summed E-state index contributed by atoms with van der Waals surface area (Å²) in [5.74, 6) is 0.866. The van der Waals surface area contributed by atoms with E-state index in [4.69, 9.17) is 4.74 Å². The lowest BCUT2D eigenvalue weighted by Gasteiger charge is -2.19. The number of halogens is 2. The number of rotatable bonds is 2. The van der Waals surface area contributed by atoms with E-state index in [1.807, 2.05) is 0 Å². The van der Waals surface area contributed by atoms with Gasteiger partial charge in [-0.1, -0.05) is 71.9 Å². The summed E-state index contributed by atoms with van der Waals surface area (Å²) in [6.45, 7) is 2.15. The third-order valence-corrected chi connectivity index (χ3v) is 6.07. The molecule has 4 rings (SSSR count). The molecule has 0 aliphatic rings. The Balaban J connectivity index is 0.00000196. The lowest BCUT2D eigenvalue weighted by atomic mass is 9.90. The van der Waals surface area contributed by atoms with E-state index in [0.29, 0.717) is 0 Å². The summed E-state index contributed by atoms with van der Waals surface area (Å²) in [5.41, 5.74) is 3.54. The van der Waals surface area contributed by atoms with Gasteiger partial charge in [-0.15, -0.1) is 0 Å². The molecule has 0 saturated heterocycles. The molecule has 132 valence electrons. The van der Waals surface area contributed by atoms with Gasteiger partial charge in [0.15, 0.2) is 0 Å². The summed E-state index contributed by atoms with van der Waals surface area (Å²) in [4.78, 5) is 0. The van der Waals surface area contributed by atoms with Crippen LogP contribution in [0.1, 0.15) is 13.0 Å². The Labute approximate surface area is 171 Å². The first-order valence-corrected chi connectivity index (χ1v) is 9.64. The maximum absolute atomic E-state index is 5.82. The van der Waals surface area contributed by atoms with Crippen molar-refractivity contribution in [1.29, 1.82) is 0 Å². The van der Waals surface area contributed by atoms with E-state index in [1.165, 1.54) is 32.7 Å². The van der Waals surface area contributed by atoms with Gasteiger partial charge in [-0.25, -0.2) is 0 Å². The van der Waals surface area contributed by atoms with Crippen LogP contribution in [0, 0.1) is 6.92 Å². The topological polar surface area (TPSA) is 9.23 Å². The number of ether oxygens (including phenoxy) is 1. The lowest BCUT2D eigenvalue weighted by molar-refractivity contribution is 0.414. The smallest absolute Gasteiger partial charge is 0.141 e. The monoisotopic (exact) mass is 470 g/mol. The highest BCUT2D eigenvalue weighted by molar-refractivity contribution is 9.10. The average molecular weight is 472 g/mol. The first-order valence-electron chi connectivity index (χ1n) is 8.05. The summed E-state index contributed by atoms with van der Waals surface area (Å²) in [6.07, 6.45) is 0. The van der Waals surface area contributed by atoms with Crippen molar-refractivity contribution in [3.8, 4) is 16.9 Å². The molecule has 0 saturated carbocycles. The van der Waals surface area contributed by atoms with Gasteiger partial charge in [-0.2, -0.15) is 0 Å². The van der Waals surface area contributed by atoms with Crippen molar-refractivity contribution in [3.05, 3.63) is 75.2 Å². The molecule has 0 fully saturated rings. The van der Waals surface area contributed by atoms with Crippen LogP contribution in [-0.4, -0.2) is 7.11 Å². The highest BCUT2D eigenvalue weighted by Crippen LogP contribution is 2.47. The van der Waals surface area contributed by atoms with E-state index < -0.39 is 0 Å². The lowest BCUT2D eigenvalue weighted by Crippen LogP contribution is -1.95. The molecule has 3 heteroatoms. The SMILES string of the molecule is C.COc1c(Br)cc2ccccc2c1-c1c(C)c(Br)cc2ccccc12. The van der Waals surface area contributed by atoms with Crippen LogP contribution in [-0.2, 0) is 0 Å². The van der Waals surface area contributed by atoms with Crippen LogP contribution in [0.5, 0.6) is 5.75 Å². The zero-order chi connectivity index (χ0) is 17.6. The standard InChI is InChI=1S/C22H16Br2O.CH4/c1-13-18(23)11-14-7-3-5-9-16(14)20(13)21-17-10-6-4-8-15(17)12-19(24)22(21)25-2;/h3-12H,1-2H3;1H4. The minimum atomic E-state index is 0. The van der Waals surface area contributed by atoms with Crippen molar-refractivity contribution >= 4 is 53.4 Å². The molecule has 4 aromatic carbocycles. The van der Waals surface area contributed by atoms with Crippen molar-refractivity contribution in [2.75, 3.05) is 7.11 Å². The summed E-state index contributed by atoms with van der Waals surface area (Å²) in [5, 5.41) is 4.81. The highest BCUT2D eigenvalue weighted by atomic mass is 79.9. The number of methoxy groups -OCH3 is 1. The second-order valence-electron chi connectivity index (χ2n) is 6.07. The van der Waals surface area contributed by atoms with Crippen LogP contribution >= 0.6 is 31.9 Å². The zero-order valence-corrected chi connectivity index (χ0v) is 17.1. The van der Waals surface area contributed by atoms with E-state index in [0.717, 1.165) is 20.3 Å². The van der Waals surface area contributed by atoms with Gasteiger partial charge in [-0.05, 0) is 67.7 Å². The van der Waals surface area contributed by atoms with Crippen molar-refractivity contribution in [3.63, 3.8) is 0 Å².